The molecule has 2 rings (SSSR count). The van der Waals surface area contributed by atoms with Gasteiger partial charge in [0.05, 0.1) is 5.54 Å². The number of hydrogen-bond acceptors (Lipinski definition) is 3. The summed E-state index contributed by atoms with van der Waals surface area (Å²) in [5, 5.41) is 3.26. The van der Waals surface area contributed by atoms with Gasteiger partial charge < -0.3 is 5.32 Å². The average molecular weight is 219 g/mol. The summed E-state index contributed by atoms with van der Waals surface area (Å²) in [6.45, 7) is 6.29. The second kappa shape index (κ2) is 4.13. The van der Waals surface area contributed by atoms with E-state index in [1.807, 2.05) is 7.05 Å². The molecule has 3 heteroatoms. The molecule has 0 unspecified atom stereocenters. The molecular weight excluding hydrogens is 198 g/mol. The maximum absolute atomic E-state index is 4.72. The van der Waals surface area contributed by atoms with Crippen LogP contribution in [-0.2, 0) is 5.54 Å². The van der Waals surface area contributed by atoms with Crippen molar-refractivity contribution in [3.63, 3.8) is 0 Å². The molecule has 16 heavy (non-hydrogen) atoms. The Morgan fingerprint density at radius 3 is 2.50 bits per heavy atom. The van der Waals surface area contributed by atoms with Crippen LogP contribution in [0.1, 0.15) is 56.2 Å². The Bertz CT molecular complexity index is 381. The minimum Gasteiger partial charge on any atom is -0.308 e. The predicted molar refractivity (Wildman–Crippen MR) is 65.4 cm³/mol. The maximum Gasteiger partial charge on any atom is 0.148 e. The third-order valence-electron chi connectivity index (χ3n) is 3.58. The van der Waals surface area contributed by atoms with Crippen molar-refractivity contribution in [3.8, 4) is 0 Å². The molecule has 0 atom stereocenters. The lowest BCUT2D eigenvalue weighted by Gasteiger charge is -2.28. The van der Waals surface area contributed by atoms with Crippen LogP contribution in [-0.4, -0.2) is 17.0 Å². The van der Waals surface area contributed by atoms with Crippen molar-refractivity contribution < 1.29 is 0 Å². The molecule has 1 saturated carbocycles. The lowest BCUT2D eigenvalue weighted by atomic mass is 9.82. The van der Waals surface area contributed by atoms with Gasteiger partial charge in [-0.2, -0.15) is 0 Å². The van der Waals surface area contributed by atoms with Gasteiger partial charge in [-0.15, -0.1) is 0 Å². The monoisotopic (exact) mass is 219 g/mol. The third kappa shape index (κ3) is 2.09. The van der Waals surface area contributed by atoms with Gasteiger partial charge in [0.25, 0.3) is 0 Å². The molecule has 0 spiro atoms. The summed E-state index contributed by atoms with van der Waals surface area (Å²) in [6.07, 6.45) is 3.92. The van der Waals surface area contributed by atoms with Crippen molar-refractivity contribution in [2.75, 3.05) is 7.05 Å². The Balaban J connectivity index is 2.35. The van der Waals surface area contributed by atoms with E-state index in [9.17, 15) is 0 Å². The largest absolute Gasteiger partial charge is 0.308 e. The van der Waals surface area contributed by atoms with Crippen molar-refractivity contribution in [2.24, 2.45) is 0 Å². The van der Waals surface area contributed by atoms with Gasteiger partial charge in [-0.1, -0.05) is 6.42 Å². The summed E-state index contributed by atoms with van der Waals surface area (Å²) in [7, 11) is 1.95. The van der Waals surface area contributed by atoms with Gasteiger partial charge in [0.1, 0.15) is 5.82 Å². The van der Waals surface area contributed by atoms with Crippen molar-refractivity contribution >= 4 is 0 Å². The highest BCUT2D eigenvalue weighted by Crippen LogP contribution is 2.35. The van der Waals surface area contributed by atoms with Crippen molar-refractivity contribution in [1.82, 2.24) is 15.3 Å². The molecule has 1 aliphatic carbocycles. The fourth-order valence-electron chi connectivity index (χ4n) is 1.90. The minimum atomic E-state index is -0.148. The fraction of sp³-hybridized carbons (Fsp3) is 0.692. The first kappa shape index (κ1) is 11.5. The van der Waals surface area contributed by atoms with Gasteiger partial charge in [0, 0.05) is 17.3 Å². The number of rotatable bonds is 3. The third-order valence-corrected chi connectivity index (χ3v) is 3.58. The smallest absolute Gasteiger partial charge is 0.148 e. The second-order valence-corrected chi connectivity index (χ2v) is 5.26. The molecule has 1 aromatic rings. The van der Waals surface area contributed by atoms with Crippen molar-refractivity contribution in [3.05, 3.63) is 23.3 Å². The predicted octanol–water partition coefficient (Wildman–Crippen LogP) is 2.51. The Morgan fingerprint density at radius 2 is 2.00 bits per heavy atom. The van der Waals surface area contributed by atoms with Crippen molar-refractivity contribution in [2.45, 2.75) is 51.5 Å². The molecular formula is C13H21N3. The topological polar surface area (TPSA) is 37.8 Å². The normalized spacial score (nSPS) is 17.2. The lowest BCUT2D eigenvalue weighted by molar-refractivity contribution is 0.388. The van der Waals surface area contributed by atoms with Crippen LogP contribution < -0.4 is 5.32 Å². The zero-order valence-corrected chi connectivity index (χ0v) is 10.7. The molecule has 0 saturated heterocycles. The van der Waals surface area contributed by atoms with E-state index in [0.717, 1.165) is 11.5 Å². The van der Waals surface area contributed by atoms with Crippen LogP contribution in [0.4, 0.5) is 0 Å². The Morgan fingerprint density at radius 1 is 1.31 bits per heavy atom. The van der Waals surface area contributed by atoms with E-state index in [1.54, 1.807) is 0 Å². The molecule has 1 fully saturated rings. The average Bonchev–Trinajstić information content (AvgIpc) is 2.14. The molecule has 0 amide bonds. The molecule has 1 heterocycles. The molecule has 0 aliphatic heterocycles. The van der Waals surface area contributed by atoms with E-state index in [2.05, 4.69) is 37.1 Å². The number of nitrogens with zero attached hydrogens (tertiary/aromatic N) is 2. The molecule has 1 N–H and O–H groups in total. The van der Waals surface area contributed by atoms with Crippen LogP contribution in [0.5, 0.6) is 0 Å². The zero-order chi connectivity index (χ0) is 11.8. The molecule has 1 aliphatic rings. The summed E-state index contributed by atoms with van der Waals surface area (Å²) < 4.78 is 0. The van der Waals surface area contributed by atoms with Crippen LogP contribution in [0, 0.1) is 6.92 Å². The molecule has 0 radical (unpaired) electrons. The van der Waals surface area contributed by atoms with Gasteiger partial charge in [-0.25, -0.2) is 9.97 Å². The first-order chi connectivity index (χ1) is 7.53. The van der Waals surface area contributed by atoms with Crippen LogP contribution in [0.2, 0.25) is 0 Å². The number of aromatic nitrogens is 2. The molecule has 0 aromatic carbocycles. The molecule has 3 nitrogen and oxygen atoms in total. The lowest BCUT2D eigenvalue weighted by Crippen LogP contribution is -2.36. The minimum absolute atomic E-state index is 0.148. The Labute approximate surface area is 97.7 Å². The van der Waals surface area contributed by atoms with Gasteiger partial charge in [0.15, 0.2) is 0 Å². The number of nitrogens with one attached hydrogen (secondary N) is 1. The molecule has 1 aromatic heterocycles. The van der Waals surface area contributed by atoms with Gasteiger partial charge >= 0.3 is 0 Å². The Hall–Kier alpha value is -0.960. The number of hydrogen-bond donors (Lipinski definition) is 1. The number of aryl methyl sites for hydroxylation is 1. The highest BCUT2D eigenvalue weighted by molar-refractivity contribution is 5.18. The van der Waals surface area contributed by atoms with Crippen LogP contribution in [0.25, 0.3) is 0 Å². The summed E-state index contributed by atoms with van der Waals surface area (Å²) in [5.41, 5.74) is 2.16. The van der Waals surface area contributed by atoms with Crippen LogP contribution >= 0.6 is 0 Å². The van der Waals surface area contributed by atoms with E-state index in [-0.39, 0.29) is 5.54 Å². The highest BCUT2D eigenvalue weighted by atomic mass is 15.0. The maximum atomic E-state index is 4.72. The van der Waals surface area contributed by atoms with Crippen molar-refractivity contribution in [1.29, 1.82) is 0 Å². The molecule has 88 valence electrons. The standard InChI is InChI=1S/C13H21N3/c1-9-8-11(10-6-5-7-10)16-12(15-9)13(2,3)14-4/h8,10,14H,5-7H2,1-4H3. The summed E-state index contributed by atoms with van der Waals surface area (Å²) in [5.74, 6) is 1.59. The van der Waals surface area contributed by atoms with E-state index >= 15 is 0 Å². The summed E-state index contributed by atoms with van der Waals surface area (Å²) in [6, 6.07) is 2.14. The summed E-state index contributed by atoms with van der Waals surface area (Å²) in [4.78, 5) is 9.27. The van der Waals surface area contributed by atoms with Gasteiger partial charge in [-0.3, -0.25) is 0 Å². The van der Waals surface area contributed by atoms with E-state index in [0.29, 0.717) is 5.92 Å². The first-order valence-electron chi connectivity index (χ1n) is 6.08. The van der Waals surface area contributed by atoms with Crippen LogP contribution in [0.15, 0.2) is 6.07 Å². The summed E-state index contributed by atoms with van der Waals surface area (Å²) >= 11 is 0. The molecule has 0 bridgehead atoms. The zero-order valence-electron chi connectivity index (χ0n) is 10.7. The quantitative estimate of drug-likeness (QED) is 0.848. The van der Waals surface area contributed by atoms with Gasteiger partial charge in [0.2, 0.25) is 0 Å². The van der Waals surface area contributed by atoms with E-state index < -0.39 is 0 Å². The van der Waals surface area contributed by atoms with Gasteiger partial charge in [-0.05, 0) is 46.7 Å². The highest BCUT2D eigenvalue weighted by Gasteiger charge is 2.26. The SMILES string of the molecule is CNC(C)(C)c1nc(C)cc(C2CCC2)n1. The first-order valence-corrected chi connectivity index (χ1v) is 6.08. The fourth-order valence-corrected chi connectivity index (χ4v) is 1.90. The Kier molecular flexibility index (Phi) is 2.98. The van der Waals surface area contributed by atoms with E-state index in [1.165, 1.54) is 25.0 Å². The van der Waals surface area contributed by atoms with E-state index in [4.69, 9.17) is 4.98 Å². The second-order valence-electron chi connectivity index (χ2n) is 5.26. The van der Waals surface area contributed by atoms with Crippen LogP contribution in [0.3, 0.4) is 0 Å².